The van der Waals surface area contributed by atoms with Gasteiger partial charge in [-0.15, -0.1) is 0 Å². The van der Waals surface area contributed by atoms with Crippen LogP contribution in [0, 0.1) is 5.92 Å². The molecular weight excluding hydrogens is 252 g/mol. The van der Waals surface area contributed by atoms with E-state index in [-0.39, 0.29) is 6.10 Å². The van der Waals surface area contributed by atoms with Gasteiger partial charge in [0.05, 0.1) is 12.7 Å². The molecule has 2 rings (SSSR count). The van der Waals surface area contributed by atoms with Gasteiger partial charge in [-0.1, -0.05) is 19.8 Å². The Balaban J connectivity index is 1.63. The van der Waals surface area contributed by atoms with E-state index in [1.807, 2.05) is 0 Å². The van der Waals surface area contributed by atoms with Crippen molar-refractivity contribution in [3.63, 3.8) is 0 Å². The van der Waals surface area contributed by atoms with Crippen LogP contribution < -0.4 is 5.32 Å². The average molecular weight is 284 g/mol. The summed E-state index contributed by atoms with van der Waals surface area (Å²) in [7, 11) is 1.64. The van der Waals surface area contributed by atoms with Crippen LogP contribution in [0.2, 0.25) is 0 Å². The van der Waals surface area contributed by atoms with Crippen LogP contribution in [0.1, 0.15) is 45.4 Å². The number of β-amino-alcohol motifs (C(OH)–C–C–N with tert-alkyl or cyclic N) is 1. The SMILES string of the molecule is COCC(O)CN1CCC(NC2CCCC(C)C2)CC1. The third-order valence-corrected chi connectivity index (χ3v) is 4.82. The molecule has 20 heavy (non-hydrogen) atoms. The molecule has 1 saturated carbocycles. The lowest BCUT2D eigenvalue weighted by Gasteiger charge is -2.37. The summed E-state index contributed by atoms with van der Waals surface area (Å²) in [5, 5.41) is 13.6. The van der Waals surface area contributed by atoms with Gasteiger partial charge in [-0.3, -0.25) is 0 Å². The van der Waals surface area contributed by atoms with Crippen molar-refractivity contribution in [2.24, 2.45) is 5.92 Å². The van der Waals surface area contributed by atoms with Gasteiger partial charge in [0.2, 0.25) is 0 Å². The molecule has 3 atom stereocenters. The predicted molar refractivity (Wildman–Crippen MR) is 81.9 cm³/mol. The van der Waals surface area contributed by atoms with Crippen LogP contribution in [-0.4, -0.2) is 61.5 Å². The van der Waals surface area contributed by atoms with Crippen molar-refractivity contribution in [1.82, 2.24) is 10.2 Å². The van der Waals surface area contributed by atoms with Crippen molar-refractivity contribution in [2.75, 3.05) is 33.4 Å². The zero-order chi connectivity index (χ0) is 14.4. The van der Waals surface area contributed by atoms with Gasteiger partial charge in [0.1, 0.15) is 0 Å². The van der Waals surface area contributed by atoms with E-state index in [2.05, 4.69) is 17.1 Å². The van der Waals surface area contributed by atoms with Crippen LogP contribution >= 0.6 is 0 Å². The van der Waals surface area contributed by atoms with Gasteiger partial charge in [-0.25, -0.2) is 0 Å². The molecule has 4 heteroatoms. The van der Waals surface area contributed by atoms with Crippen LogP contribution in [0.3, 0.4) is 0 Å². The smallest absolute Gasteiger partial charge is 0.0900 e. The van der Waals surface area contributed by atoms with Crippen LogP contribution in [0.25, 0.3) is 0 Å². The number of aliphatic hydroxyl groups is 1. The number of rotatable bonds is 6. The van der Waals surface area contributed by atoms with Gasteiger partial charge in [0, 0.05) is 25.7 Å². The van der Waals surface area contributed by atoms with E-state index < -0.39 is 0 Å². The lowest BCUT2D eigenvalue weighted by molar-refractivity contribution is 0.0304. The highest BCUT2D eigenvalue weighted by Crippen LogP contribution is 2.24. The predicted octanol–water partition coefficient (Wildman–Crippen LogP) is 1.63. The summed E-state index contributed by atoms with van der Waals surface area (Å²) < 4.78 is 4.99. The first-order valence-electron chi connectivity index (χ1n) is 8.32. The minimum Gasteiger partial charge on any atom is -0.389 e. The molecular formula is C16H32N2O2. The van der Waals surface area contributed by atoms with E-state index in [9.17, 15) is 5.11 Å². The summed E-state index contributed by atoms with van der Waals surface area (Å²) in [6.07, 6.45) is 7.59. The number of nitrogens with one attached hydrogen (secondary N) is 1. The van der Waals surface area contributed by atoms with Gasteiger partial charge in [0.25, 0.3) is 0 Å². The van der Waals surface area contributed by atoms with Crippen LogP contribution in [0.4, 0.5) is 0 Å². The van der Waals surface area contributed by atoms with Crippen molar-refractivity contribution in [3.8, 4) is 0 Å². The second kappa shape index (κ2) is 8.32. The number of hydrogen-bond acceptors (Lipinski definition) is 4. The van der Waals surface area contributed by atoms with Gasteiger partial charge < -0.3 is 20.1 Å². The first-order valence-corrected chi connectivity index (χ1v) is 8.32. The van der Waals surface area contributed by atoms with Crippen molar-refractivity contribution in [1.29, 1.82) is 0 Å². The molecule has 0 aromatic carbocycles. The summed E-state index contributed by atoms with van der Waals surface area (Å²) in [5.41, 5.74) is 0. The molecule has 118 valence electrons. The largest absolute Gasteiger partial charge is 0.389 e. The number of aliphatic hydroxyl groups excluding tert-OH is 1. The molecule has 3 unspecified atom stereocenters. The van der Waals surface area contributed by atoms with Crippen LogP contribution in [0.5, 0.6) is 0 Å². The standard InChI is InChI=1S/C16H32N2O2/c1-13-4-3-5-15(10-13)17-14-6-8-18(9-7-14)11-16(19)12-20-2/h13-17,19H,3-12H2,1-2H3. The lowest BCUT2D eigenvalue weighted by atomic mass is 9.86. The molecule has 0 spiro atoms. The fraction of sp³-hybridized carbons (Fsp3) is 1.00. The van der Waals surface area contributed by atoms with Crippen molar-refractivity contribution in [2.45, 2.75) is 63.6 Å². The number of piperidine rings is 1. The molecule has 2 N–H and O–H groups in total. The average Bonchev–Trinajstić information content (AvgIpc) is 2.41. The van der Waals surface area contributed by atoms with Crippen molar-refractivity contribution in [3.05, 3.63) is 0 Å². The Hall–Kier alpha value is -0.160. The second-order valence-corrected chi connectivity index (χ2v) is 6.82. The first kappa shape index (κ1) is 16.2. The molecule has 2 fully saturated rings. The Kier molecular flexibility index (Phi) is 6.75. The molecule has 2 aliphatic rings. The van der Waals surface area contributed by atoms with Crippen molar-refractivity contribution >= 4 is 0 Å². The Morgan fingerprint density at radius 2 is 1.95 bits per heavy atom. The quantitative estimate of drug-likeness (QED) is 0.778. The topological polar surface area (TPSA) is 44.7 Å². The maximum atomic E-state index is 9.78. The van der Waals surface area contributed by atoms with E-state index in [0.29, 0.717) is 12.6 Å². The Bertz CT molecular complexity index is 267. The Labute approximate surface area is 123 Å². The lowest BCUT2D eigenvalue weighted by Crippen LogP contribution is -2.48. The minimum absolute atomic E-state index is 0.344. The molecule has 0 aromatic heterocycles. The minimum atomic E-state index is -0.344. The molecule has 1 aliphatic heterocycles. The summed E-state index contributed by atoms with van der Waals surface area (Å²) in [5.74, 6) is 0.894. The van der Waals surface area contributed by atoms with Gasteiger partial charge in [-0.05, 0) is 44.7 Å². The van der Waals surface area contributed by atoms with E-state index >= 15 is 0 Å². The maximum Gasteiger partial charge on any atom is 0.0900 e. The van der Waals surface area contributed by atoms with Crippen LogP contribution in [-0.2, 0) is 4.74 Å². The molecule has 0 amide bonds. The molecule has 0 radical (unpaired) electrons. The number of ether oxygens (including phenoxy) is 1. The summed E-state index contributed by atoms with van der Waals surface area (Å²) in [6, 6.07) is 1.43. The zero-order valence-corrected chi connectivity index (χ0v) is 13.2. The van der Waals surface area contributed by atoms with Gasteiger partial charge in [-0.2, -0.15) is 0 Å². The third kappa shape index (κ3) is 5.32. The fourth-order valence-electron chi connectivity index (χ4n) is 3.74. The molecule has 1 aliphatic carbocycles. The normalized spacial score (nSPS) is 31.4. The van der Waals surface area contributed by atoms with Crippen molar-refractivity contribution < 1.29 is 9.84 Å². The highest BCUT2D eigenvalue weighted by Gasteiger charge is 2.25. The van der Waals surface area contributed by atoms with Crippen LogP contribution in [0.15, 0.2) is 0 Å². The summed E-state index contributed by atoms with van der Waals surface area (Å²) in [6.45, 7) is 5.77. The number of nitrogens with zero attached hydrogens (tertiary/aromatic N) is 1. The highest BCUT2D eigenvalue weighted by atomic mass is 16.5. The third-order valence-electron chi connectivity index (χ3n) is 4.82. The molecule has 1 saturated heterocycles. The second-order valence-electron chi connectivity index (χ2n) is 6.82. The summed E-state index contributed by atoms with van der Waals surface area (Å²) in [4.78, 5) is 2.37. The fourth-order valence-corrected chi connectivity index (χ4v) is 3.74. The number of likely N-dealkylation sites (tertiary alicyclic amines) is 1. The number of methoxy groups -OCH3 is 1. The van der Waals surface area contributed by atoms with Gasteiger partial charge in [0.15, 0.2) is 0 Å². The highest BCUT2D eigenvalue weighted by molar-refractivity contribution is 4.84. The Morgan fingerprint density at radius 3 is 2.60 bits per heavy atom. The van der Waals surface area contributed by atoms with E-state index in [1.165, 1.54) is 38.5 Å². The maximum absolute atomic E-state index is 9.78. The van der Waals surface area contributed by atoms with E-state index in [4.69, 9.17) is 4.74 Å². The van der Waals surface area contributed by atoms with E-state index in [0.717, 1.165) is 31.6 Å². The monoisotopic (exact) mass is 284 g/mol. The van der Waals surface area contributed by atoms with E-state index in [1.54, 1.807) is 7.11 Å². The van der Waals surface area contributed by atoms with Gasteiger partial charge >= 0.3 is 0 Å². The molecule has 0 bridgehead atoms. The summed E-state index contributed by atoms with van der Waals surface area (Å²) >= 11 is 0. The molecule has 1 heterocycles. The molecule has 0 aromatic rings. The molecule has 4 nitrogen and oxygen atoms in total. The zero-order valence-electron chi connectivity index (χ0n) is 13.2. The number of hydrogen-bond donors (Lipinski definition) is 2. The Morgan fingerprint density at radius 1 is 1.20 bits per heavy atom. The first-order chi connectivity index (χ1) is 9.67.